The molecule has 0 unspecified atom stereocenters. The van der Waals surface area contributed by atoms with Crippen molar-refractivity contribution in [1.29, 1.82) is 0 Å². The monoisotopic (exact) mass is 351 g/mol. The third-order valence-electron chi connectivity index (χ3n) is 3.55. The maximum absolute atomic E-state index is 12.9. The molecule has 132 valence electrons. The Morgan fingerprint density at radius 2 is 1.68 bits per heavy atom. The summed E-state index contributed by atoms with van der Waals surface area (Å²) < 4.78 is 43.3. The van der Waals surface area contributed by atoms with Gasteiger partial charge >= 0.3 is 12.1 Å². The molecule has 0 saturated carbocycles. The maximum atomic E-state index is 12.9. The van der Waals surface area contributed by atoms with Crippen LogP contribution in [0.15, 0.2) is 48.5 Å². The average Bonchev–Trinajstić information content (AvgIpc) is 2.60. The van der Waals surface area contributed by atoms with E-state index in [9.17, 15) is 22.8 Å². The molecule has 2 aromatic carbocycles. The van der Waals surface area contributed by atoms with Crippen molar-refractivity contribution in [2.24, 2.45) is 0 Å². The third-order valence-corrected chi connectivity index (χ3v) is 3.55. The van der Waals surface area contributed by atoms with Gasteiger partial charge in [-0.3, -0.25) is 4.79 Å². The van der Waals surface area contributed by atoms with E-state index in [0.717, 1.165) is 17.7 Å². The number of halogens is 3. The van der Waals surface area contributed by atoms with Gasteiger partial charge < -0.3 is 10.1 Å². The Labute approximate surface area is 142 Å². The van der Waals surface area contributed by atoms with Crippen molar-refractivity contribution >= 4 is 11.9 Å². The van der Waals surface area contributed by atoms with Gasteiger partial charge in [-0.2, -0.15) is 13.2 Å². The second kappa shape index (κ2) is 7.83. The van der Waals surface area contributed by atoms with Crippen molar-refractivity contribution in [3.63, 3.8) is 0 Å². The number of amides is 1. The number of alkyl halides is 3. The van der Waals surface area contributed by atoms with Crippen LogP contribution in [-0.2, 0) is 17.3 Å². The fourth-order valence-corrected chi connectivity index (χ4v) is 2.27. The first-order valence-corrected chi connectivity index (χ1v) is 7.44. The van der Waals surface area contributed by atoms with Crippen molar-refractivity contribution in [3.8, 4) is 0 Å². The third kappa shape index (κ3) is 4.82. The fraction of sp³-hybridized carbons (Fsp3) is 0.222. The van der Waals surface area contributed by atoms with E-state index in [0.29, 0.717) is 12.0 Å². The first-order chi connectivity index (χ1) is 11.8. The van der Waals surface area contributed by atoms with E-state index in [1.807, 2.05) is 0 Å². The number of esters is 1. The van der Waals surface area contributed by atoms with Crippen LogP contribution in [-0.4, -0.2) is 25.5 Å². The molecule has 0 heterocycles. The lowest BCUT2D eigenvalue weighted by atomic mass is 10.1. The number of hydrogen-bond donors (Lipinski definition) is 1. The summed E-state index contributed by atoms with van der Waals surface area (Å²) in [5.41, 5.74) is -0.141. The molecule has 0 saturated heterocycles. The maximum Gasteiger partial charge on any atom is 0.417 e. The summed E-state index contributed by atoms with van der Waals surface area (Å²) in [6.07, 6.45) is -4.17. The number of nitrogens with one attached hydrogen (secondary N) is 1. The molecule has 0 atom stereocenters. The van der Waals surface area contributed by atoms with Gasteiger partial charge in [0, 0.05) is 6.54 Å². The van der Waals surface area contributed by atoms with Crippen LogP contribution in [0, 0.1) is 0 Å². The van der Waals surface area contributed by atoms with Gasteiger partial charge in [0.1, 0.15) is 0 Å². The Bertz CT molecular complexity index is 755. The Balaban J connectivity index is 1.96. The lowest BCUT2D eigenvalue weighted by Crippen LogP contribution is -2.28. The van der Waals surface area contributed by atoms with Gasteiger partial charge in [0.25, 0.3) is 5.91 Å². The lowest BCUT2D eigenvalue weighted by molar-refractivity contribution is -0.137. The van der Waals surface area contributed by atoms with Gasteiger partial charge in [-0.15, -0.1) is 0 Å². The highest BCUT2D eigenvalue weighted by Gasteiger charge is 2.34. The van der Waals surface area contributed by atoms with E-state index in [4.69, 9.17) is 0 Å². The van der Waals surface area contributed by atoms with Crippen LogP contribution in [0.3, 0.4) is 0 Å². The van der Waals surface area contributed by atoms with Gasteiger partial charge in [0.2, 0.25) is 0 Å². The zero-order valence-corrected chi connectivity index (χ0v) is 13.4. The van der Waals surface area contributed by atoms with Crippen LogP contribution in [0.5, 0.6) is 0 Å². The van der Waals surface area contributed by atoms with Crippen molar-refractivity contribution in [2.75, 3.05) is 13.7 Å². The highest BCUT2D eigenvalue weighted by Crippen LogP contribution is 2.31. The van der Waals surface area contributed by atoms with E-state index >= 15 is 0 Å². The zero-order chi connectivity index (χ0) is 18.4. The highest BCUT2D eigenvalue weighted by atomic mass is 19.4. The second-order valence-corrected chi connectivity index (χ2v) is 5.24. The molecule has 2 rings (SSSR count). The largest absolute Gasteiger partial charge is 0.465 e. The number of hydrogen-bond acceptors (Lipinski definition) is 3. The van der Waals surface area contributed by atoms with Gasteiger partial charge in [-0.05, 0) is 36.2 Å². The molecule has 0 aliphatic heterocycles. The smallest absolute Gasteiger partial charge is 0.417 e. The predicted octanol–water partition coefficient (Wildman–Crippen LogP) is 3.46. The summed E-state index contributed by atoms with van der Waals surface area (Å²) in [5.74, 6) is -1.23. The quantitative estimate of drug-likeness (QED) is 0.840. The van der Waals surface area contributed by atoms with Crippen molar-refractivity contribution < 1.29 is 27.5 Å². The number of methoxy groups -OCH3 is 1. The molecule has 0 spiro atoms. The Kier molecular flexibility index (Phi) is 5.80. The summed E-state index contributed by atoms with van der Waals surface area (Å²) in [5, 5.41) is 2.48. The summed E-state index contributed by atoms with van der Waals surface area (Å²) >= 11 is 0. The molecule has 0 fully saturated rings. The molecule has 2 aromatic rings. The molecule has 4 nitrogen and oxygen atoms in total. The van der Waals surface area contributed by atoms with Crippen LogP contribution in [0.2, 0.25) is 0 Å². The summed E-state index contributed by atoms with van der Waals surface area (Å²) in [7, 11) is 1.28. The van der Waals surface area contributed by atoms with E-state index in [2.05, 4.69) is 10.1 Å². The molecular formula is C18H16F3NO3. The zero-order valence-electron chi connectivity index (χ0n) is 13.4. The molecule has 0 bridgehead atoms. The minimum Gasteiger partial charge on any atom is -0.465 e. The number of ether oxygens (including phenoxy) is 1. The second-order valence-electron chi connectivity index (χ2n) is 5.24. The van der Waals surface area contributed by atoms with Crippen LogP contribution in [0.4, 0.5) is 13.2 Å². The van der Waals surface area contributed by atoms with Crippen LogP contribution >= 0.6 is 0 Å². The normalized spacial score (nSPS) is 11.0. The Hall–Kier alpha value is -2.83. The molecule has 1 N–H and O–H groups in total. The standard InChI is InChI=1S/C18H16F3NO3/c1-25-17(24)13-8-6-12(7-9-13)10-11-22-16(23)14-4-2-3-5-15(14)18(19,20)21/h2-9H,10-11H2,1H3,(H,22,23). The summed E-state index contributed by atoms with van der Waals surface area (Å²) in [6.45, 7) is 0.169. The first-order valence-electron chi connectivity index (χ1n) is 7.44. The molecule has 0 aliphatic carbocycles. The molecule has 0 aliphatic rings. The van der Waals surface area contributed by atoms with Gasteiger partial charge in [-0.25, -0.2) is 4.79 Å². The summed E-state index contributed by atoms with van der Waals surface area (Å²) in [4.78, 5) is 23.3. The molecule has 25 heavy (non-hydrogen) atoms. The number of rotatable bonds is 5. The molecule has 0 radical (unpaired) electrons. The van der Waals surface area contributed by atoms with E-state index < -0.39 is 29.2 Å². The van der Waals surface area contributed by atoms with Crippen LogP contribution < -0.4 is 5.32 Å². The van der Waals surface area contributed by atoms with Gasteiger partial charge in [0.05, 0.1) is 23.8 Å². The molecule has 1 amide bonds. The number of benzene rings is 2. The average molecular weight is 351 g/mol. The number of carbonyl (C=O) groups is 2. The molecule has 0 aromatic heterocycles. The number of carbonyl (C=O) groups excluding carboxylic acids is 2. The highest BCUT2D eigenvalue weighted by molar-refractivity contribution is 5.95. The predicted molar refractivity (Wildman–Crippen MR) is 85.3 cm³/mol. The van der Waals surface area contributed by atoms with E-state index in [-0.39, 0.29) is 6.54 Å². The topological polar surface area (TPSA) is 55.4 Å². The molecule has 7 heteroatoms. The van der Waals surface area contributed by atoms with Crippen molar-refractivity contribution in [1.82, 2.24) is 5.32 Å². The SMILES string of the molecule is COC(=O)c1ccc(CCNC(=O)c2ccccc2C(F)(F)F)cc1. The van der Waals surface area contributed by atoms with E-state index in [1.54, 1.807) is 24.3 Å². The van der Waals surface area contributed by atoms with Crippen LogP contribution in [0.25, 0.3) is 0 Å². The minimum absolute atomic E-state index is 0.169. The van der Waals surface area contributed by atoms with E-state index in [1.165, 1.54) is 19.2 Å². The minimum atomic E-state index is -4.59. The van der Waals surface area contributed by atoms with Crippen molar-refractivity contribution in [2.45, 2.75) is 12.6 Å². The van der Waals surface area contributed by atoms with Crippen molar-refractivity contribution in [3.05, 3.63) is 70.8 Å². The van der Waals surface area contributed by atoms with Gasteiger partial charge in [-0.1, -0.05) is 24.3 Å². The van der Waals surface area contributed by atoms with Crippen LogP contribution in [0.1, 0.15) is 31.8 Å². The first kappa shape index (κ1) is 18.5. The Morgan fingerprint density at radius 1 is 1.04 bits per heavy atom. The fourth-order valence-electron chi connectivity index (χ4n) is 2.27. The molecular weight excluding hydrogens is 335 g/mol. The lowest BCUT2D eigenvalue weighted by Gasteiger charge is -2.12. The summed E-state index contributed by atoms with van der Waals surface area (Å²) in [6, 6.07) is 11.2. The Morgan fingerprint density at radius 3 is 2.28 bits per heavy atom. The van der Waals surface area contributed by atoms with Gasteiger partial charge in [0.15, 0.2) is 0 Å².